The van der Waals surface area contributed by atoms with Crippen LogP contribution in [0.3, 0.4) is 0 Å². The molecule has 0 bridgehead atoms. The van der Waals surface area contributed by atoms with Crippen LogP contribution in [0.5, 0.6) is 0 Å². The van der Waals surface area contributed by atoms with E-state index in [4.69, 9.17) is 4.74 Å². The van der Waals surface area contributed by atoms with Crippen LogP contribution in [0, 0.1) is 0 Å². The first-order chi connectivity index (χ1) is 23.9. The van der Waals surface area contributed by atoms with E-state index in [1.807, 2.05) is 0 Å². The van der Waals surface area contributed by atoms with Gasteiger partial charge in [0.05, 0.1) is 7.11 Å². The number of nitrogens with one attached hydrogen (secondary N) is 6. The molecule has 0 spiro atoms. The van der Waals surface area contributed by atoms with E-state index in [1.165, 1.54) is 47.0 Å². The number of carbonyl (C=O) groups is 7. The summed E-state index contributed by atoms with van der Waals surface area (Å²) < 4.78 is 9.83. The van der Waals surface area contributed by atoms with Crippen molar-refractivity contribution in [3.63, 3.8) is 0 Å². The molecule has 0 unspecified atom stereocenters. The smallest absolute Gasteiger partial charge is 0.408 e. The van der Waals surface area contributed by atoms with E-state index >= 15 is 0 Å². The van der Waals surface area contributed by atoms with Gasteiger partial charge in [0.2, 0.25) is 17.7 Å². The number of hydrogen-bond donors (Lipinski definition) is 6. The molecule has 6 amide bonds. The first-order valence-corrected chi connectivity index (χ1v) is 16.0. The van der Waals surface area contributed by atoms with E-state index in [1.54, 1.807) is 81.4 Å². The molecule has 2 aromatic carbocycles. The Kier molecular flexibility index (Phi) is 15.6. The standard InChI is InChI=1S/C36H46N6O9/c1-21(38-32(46)27(19-25-15-11-9-12-16-25)42-31(45)23(3)40-35(49)51-36(5,6)7)29(43)37-22(2)30(44)41-28(20-26-17-13-10-14-18-26)33(47)39-24(4)34(48)50-8/h9-24H,1-8H3,(H,37,43)(H,38,46)(H,39,47)(H,40,49)(H,41,44)(H,42,45)/b27-19-,28-20-/t21-,22+,23+,24-/m0/s1. The monoisotopic (exact) mass is 706 g/mol. The topological polar surface area (TPSA) is 210 Å². The van der Waals surface area contributed by atoms with Crippen molar-refractivity contribution in [3.05, 3.63) is 83.2 Å². The van der Waals surface area contributed by atoms with Crippen LogP contribution in [0.1, 0.15) is 59.6 Å². The second kappa shape index (κ2) is 19.3. The molecule has 6 N–H and O–H groups in total. The van der Waals surface area contributed by atoms with Gasteiger partial charge >= 0.3 is 12.1 Å². The highest BCUT2D eigenvalue weighted by Gasteiger charge is 2.27. The van der Waals surface area contributed by atoms with Crippen molar-refractivity contribution in [3.8, 4) is 0 Å². The Hall–Kier alpha value is -5.99. The first-order valence-electron chi connectivity index (χ1n) is 16.0. The zero-order valence-corrected chi connectivity index (χ0v) is 29.9. The molecule has 0 fully saturated rings. The summed E-state index contributed by atoms with van der Waals surface area (Å²) in [6, 6.07) is 12.7. The van der Waals surface area contributed by atoms with Gasteiger partial charge in [0.15, 0.2) is 0 Å². The molecule has 0 saturated heterocycles. The molecule has 0 saturated carbocycles. The van der Waals surface area contributed by atoms with E-state index in [9.17, 15) is 33.6 Å². The predicted octanol–water partition coefficient (Wildman–Crippen LogP) is 1.90. The van der Waals surface area contributed by atoms with Crippen LogP contribution in [-0.4, -0.2) is 78.5 Å². The van der Waals surface area contributed by atoms with Gasteiger partial charge in [-0.05, 0) is 71.7 Å². The molecule has 0 aliphatic heterocycles. The van der Waals surface area contributed by atoms with Gasteiger partial charge < -0.3 is 41.4 Å². The normalized spacial score (nSPS) is 14.0. The number of methoxy groups -OCH3 is 1. The number of amides is 6. The maximum absolute atomic E-state index is 13.4. The molecule has 2 aromatic rings. The minimum atomic E-state index is -1.20. The van der Waals surface area contributed by atoms with Crippen LogP contribution in [0.4, 0.5) is 4.79 Å². The largest absolute Gasteiger partial charge is 0.467 e. The predicted molar refractivity (Wildman–Crippen MR) is 189 cm³/mol. The van der Waals surface area contributed by atoms with Crippen molar-refractivity contribution in [2.75, 3.05) is 7.11 Å². The Balaban J connectivity index is 2.15. The third kappa shape index (κ3) is 14.6. The first kappa shape index (κ1) is 41.2. The van der Waals surface area contributed by atoms with Crippen molar-refractivity contribution in [1.82, 2.24) is 31.9 Å². The van der Waals surface area contributed by atoms with Crippen molar-refractivity contribution in [2.45, 2.75) is 78.2 Å². The van der Waals surface area contributed by atoms with Gasteiger partial charge in [-0.1, -0.05) is 60.7 Å². The Labute approximate surface area is 297 Å². The number of carbonyl (C=O) groups excluding carboxylic acids is 7. The third-order valence-corrected chi connectivity index (χ3v) is 6.75. The Morgan fingerprint density at radius 1 is 0.569 bits per heavy atom. The fraction of sp³-hybridized carbons (Fsp3) is 0.361. The van der Waals surface area contributed by atoms with Gasteiger partial charge in [0.1, 0.15) is 41.2 Å². The van der Waals surface area contributed by atoms with Crippen molar-refractivity contribution < 1.29 is 43.0 Å². The highest BCUT2D eigenvalue weighted by atomic mass is 16.6. The number of ether oxygens (including phenoxy) is 2. The number of alkyl carbamates (subject to hydrolysis) is 1. The third-order valence-electron chi connectivity index (χ3n) is 6.75. The molecule has 0 heterocycles. The molecule has 4 atom stereocenters. The summed E-state index contributed by atoms with van der Waals surface area (Å²) >= 11 is 0. The number of benzene rings is 2. The lowest BCUT2D eigenvalue weighted by molar-refractivity contribution is -0.144. The molecular formula is C36H46N6O9. The van der Waals surface area contributed by atoms with Gasteiger partial charge in [0.25, 0.3) is 11.8 Å². The number of hydrogen-bond acceptors (Lipinski definition) is 9. The van der Waals surface area contributed by atoms with E-state index < -0.39 is 71.4 Å². The van der Waals surface area contributed by atoms with Gasteiger partial charge in [-0.15, -0.1) is 0 Å². The molecule has 51 heavy (non-hydrogen) atoms. The fourth-order valence-corrected chi connectivity index (χ4v) is 4.03. The maximum atomic E-state index is 13.4. The lowest BCUT2D eigenvalue weighted by Crippen LogP contribution is -2.53. The van der Waals surface area contributed by atoms with Crippen LogP contribution < -0.4 is 31.9 Å². The molecule has 0 aliphatic rings. The van der Waals surface area contributed by atoms with Crippen molar-refractivity contribution >= 4 is 53.8 Å². The van der Waals surface area contributed by atoms with E-state index in [0.717, 1.165) is 0 Å². The summed E-state index contributed by atoms with van der Waals surface area (Å²) in [7, 11) is 1.17. The molecule has 15 nitrogen and oxygen atoms in total. The maximum Gasteiger partial charge on any atom is 0.408 e. The number of rotatable bonds is 14. The second-order valence-corrected chi connectivity index (χ2v) is 12.4. The second-order valence-electron chi connectivity index (χ2n) is 12.4. The van der Waals surface area contributed by atoms with Crippen LogP contribution in [0.15, 0.2) is 72.1 Å². The van der Waals surface area contributed by atoms with Gasteiger partial charge in [-0.3, -0.25) is 24.0 Å². The molecular weight excluding hydrogens is 660 g/mol. The molecule has 0 aliphatic carbocycles. The zero-order chi connectivity index (χ0) is 38.3. The molecule has 0 radical (unpaired) electrons. The Morgan fingerprint density at radius 2 is 0.961 bits per heavy atom. The quantitative estimate of drug-likeness (QED) is 0.125. The summed E-state index contributed by atoms with van der Waals surface area (Å²) in [6.45, 7) is 10.6. The lowest BCUT2D eigenvalue weighted by Gasteiger charge is -2.22. The van der Waals surface area contributed by atoms with E-state index in [-0.39, 0.29) is 11.4 Å². The van der Waals surface area contributed by atoms with Gasteiger partial charge in [-0.25, -0.2) is 9.59 Å². The van der Waals surface area contributed by atoms with Crippen LogP contribution in [0.2, 0.25) is 0 Å². The Bertz CT molecular complexity index is 1640. The zero-order valence-electron chi connectivity index (χ0n) is 29.9. The summed E-state index contributed by atoms with van der Waals surface area (Å²) in [5, 5.41) is 14.8. The van der Waals surface area contributed by atoms with E-state index in [0.29, 0.717) is 11.1 Å². The summed E-state index contributed by atoms with van der Waals surface area (Å²) in [5.41, 5.74) is -0.0950. The number of esters is 1. The molecule has 0 aromatic heterocycles. The van der Waals surface area contributed by atoms with Crippen molar-refractivity contribution in [2.24, 2.45) is 0 Å². The van der Waals surface area contributed by atoms with E-state index in [2.05, 4.69) is 36.6 Å². The summed E-state index contributed by atoms with van der Waals surface area (Å²) in [6.07, 6.45) is 1.96. The SMILES string of the molecule is COC(=O)[C@H](C)NC(=O)/C(=C/c1ccccc1)NC(=O)[C@@H](C)NC(=O)[C@H](C)NC(=O)/C(=C/c1ccccc1)NC(=O)[C@@H](C)NC(=O)OC(C)(C)C. The highest BCUT2D eigenvalue weighted by molar-refractivity contribution is 6.05. The lowest BCUT2D eigenvalue weighted by atomic mass is 10.1. The highest BCUT2D eigenvalue weighted by Crippen LogP contribution is 2.09. The average Bonchev–Trinajstić information content (AvgIpc) is 3.06. The van der Waals surface area contributed by atoms with Gasteiger partial charge in [0, 0.05) is 0 Å². The van der Waals surface area contributed by atoms with Crippen LogP contribution in [0.25, 0.3) is 12.2 Å². The molecule has 274 valence electrons. The summed E-state index contributed by atoms with van der Waals surface area (Å²) in [5.74, 6) is -4.56. The fourth-order valence-electron chi connectivity index (χ4n) is 4.03. The summed E-state index contributed by atoms with van der Waals surface area (Å²) in [4.78, 5) is 89.6. The minimum absolute atomic E-state index is 0.203. The van der Waals surface area contributed by atoms with Crippen LogP contribution >= 0.6 is 0 Å². The minimum Gasteiger partial charge on any atom is -0.467 e. The Morgan fingerprint density at radius 3 is 1.37 bits per heavy atom. The molecule has 15 heteroatoms. The van der Waals surface area contributed by atoms with Crippen LogP contribution in [-0.2, 0) is 38.2 Å². The van der Waals surface area contributed by atoms with Crippen molar-refractivity contribution in [1.29, 1.82) is 0 Å². The molecule has 2 rings (SSSR count). The average molecular weight is 707 g/mol. The van der Waals surface area contributed by atoms with Gasteiger partial charge in [-0.2, -0.15) is 0 Å².